The van der Waals surface area contributed by atoms with Crippen LogP contribution in [0.1, 0.15) is 49.7 Å². The van der Waals surface area contributed by atoms with Crippen molar-refractivity contribution in [1.82, 2.24) is 5.32 Å². The third-order valence-electron chi connectivity index (χ3n) is 4.17. The highest BCUT2D eigenvalue weighted by molar-refractivity contribution is 5.78. The van der Waals surface area contributed by atoms with Crippen molar-refractivity contribution >= 4 is 5.96 Å². The number of aliphatic imine (C=N–C) groups is 1. The maximum Gasteiger partial charge on any atom is 0.189 e. The Bertz CT molecular complexity index is 517. The summed E-state index contributed by atoms with van der Waals surface area (Å²) in [6.45, 7) is 2.67. The lowest BCUT2D eigenvalue weighted by Gasteiger charge is -2.16. The Morgan fingerprint density at radius 3 is 2.76 bits per heavy atom. The first-order chi connectivity index (χ1) is 10.2. The molecule has 0 bridgehead atoms. The van der Waals surface area contributed by atoms with Gasteiger partial charge in [-0.3, -0.25) is 0 Å². The SMILES string of the molecule is Cc1ccc(CN=C(N)NC2CC2)c(OC2CCCC2)c1. The third-order valence-corrected chi connectivity index (χ3v) is 4.17. The maximum absolute atomic E-state index is 6.18. The third kappa shape index (κ3) is 4.13. The Morgan fingerprint density at radius 2 is 2.05 bits per heavy atom. The second-order valence-corrected chi connectivity index (χ2v) is 6.26. The molecule has 21 heavy (non-hydrogen) atoms. The van der Waals surface area contributed by atoms with Crippen molar-refractivity contribution in [3.05, 3.63) is 29.3 Å². The van der Waals surface area contributed by atoms with Gasteiger partial charge in [0.2, 0.25) is 0 Å². The standard InChI is InChI=1S/C17H25N3O/c1-12-6-7-13(11-19-17(18)20-14-8-9-14)16(10-12)21-15-4-2-3-5-15/h6-7,10,14-15H,2-5,8-9,11H2,1H3,(H3,18,19,20). The normalized spacial score (nSPS) is 19.8. The summed E-state index contributed by atoms with van der Waals surface area (Å²) in [6.07, 6.45) is 7.68. The number of nitrogens with zero attached hydrogens (tertiary/aromatic N) is 1. The highest BCUT2D eigenvalue weighted by Gasteiger charge is 2.21. The van der Waals surface area contributed by atoms with Gasteiger partial charge in [0.05, 0.1) is 12.6 Å². The van der Waals surface area contributed by atoms with Gasteiger partial charge in [0.1, 0.15) is 5.75 Å². The Kier molecular flexibility index (Phi) is 4.32. The summed E-state index contributed by atoms with van der Waals surface area (Å²) >= 11 is 0. The minimum absolute atomic E-state index is 0.372. The van der Waals surface area contributed by atoms with Crippen molar-refractivity contribution in [2.75, 3.05) is 0 Å². The molecular formula is C17H25N3O. The summed E-state index contributed by atoms with van der Waals surface area (Å²) in [7, 11) is 0. The Hall–Kier alpha value is -1.71. The van der Waals surface area contributed by atoms with E-state index in [1.54, 1.807) is 0 Å². The van der Waals surface area contributed by atoms with Gasteiger partial charge in [0.15, 0.2) is 5.96 Å². The molecule has 2 saturated carbocycles. The fourth-order valence-corrected chi connectivity index (χ4v) is 2.74. The number of aryl methyl sites for hydroxylation is 1. The van der Waals surface area contributed by atoms with Crippen LogP contribution in [-0.4, -0.2) is 18.1 Å². The van der Waals surface area contributed by atoms with Crippen LogP contribution in [0.25, 0.3) is 0 Å². The number of rotatable bonds is 5. The fraction of sp³-hybridized carbons (Fsp3) is 0.588. The van der Waals surface area contributed by atoms with E-state index in [0.29, 0.717) is 24.7 Å². The largest absolute Gasteiger partial charge is 0.490 e. The molecule has 0 radical (unpaired) electrons. The van der Waals surface area contributed by atoms with E-state index in [1.807, 2.05) is 0 Å². The van der Waals surface area contributed by atoms with Crippen LogP contribution in [0.15, 0.2) is 23.2 Å². The Morgan fingerprint density at radius 1 is 1.29 bits per heavy atom. The molecule has 4 heteroatoms. The molecule has 1 aromatic carbocycles. The molecule has 0 saturated heterocycles. The second kappa shape index (κ2) is 6.37. The molecule has 4 nitrogen and oxygen atoms in total. The number of guanidine groups is 1. The Labute approximate surface area is 126 Å². The molecule has 0 aromatic heterocycles. The lowest BCUT2D eigenvalue weighted by molar-refractivity contribution is 0.208. The Balaban J connectivity index is 1.67. The smallest absolute Gasteiger partial charge is 0.189 e. The van der Waals surface area contributed by atoms with E-state index in [0.717, 1.165) is 11.3 Å². The van der Waals surface area contributed by atoms with Gasteiger partial charge >= 0.3 is 0 Å². The average Bonchev–Trinajstić information content (AvgIpc) is 3.11. The molecule has 0 spiro atoms. The van der Waals surface area contributed by atoms with Crippen LogP contribution in [0.3, 0.4) is 0 Å². The fourth-order valence-electron chi connectivity index (χ4n) is 2.74. The van der Waals surface area contributed by atoms with Crippen molar-refractivity contribution < 1.29 is 4.74 Å². The van der Waals surface area contributed by atoms with E-state index in [9.17, 15) is 0 Å². The van der Waals surface area contributed by atoms with Crippen molar-refractivity contribution in [1.29, 1.82) is 0 Å². The molecule has 2 fully saturated rings. The van der Waals surface area contributed by atoms with Gasteiger partial charge in [-0.25, -0.2) is 4.99 Å². The van der Waals surface area contributed by atoms with Gasteiger partial charge in [-0.15, -0.1) is 0 Å². The molecule has 0 atom stereocenters. The topological polar surface area (TPSA) is 59.6 Å². The predicted molar refractivity (Wildman–Crippen MR) is 85.5 cm³/mol. The van der Waals surface area contributed by atoms with Crippen LogP contribution in [0.5, 0.6) is 5.75 Å². The lowest BCUT2D eigenvalue weighted by Crippen LogP contribution is -2.33. The molecular weight excluding hydrogens is 262 g/mol. The molecule has 2 aliphatic rings. The quantitative estimate of drug-likeness (QED) is 0.646. The highest BCUT2D eigenvalue weighted by atomic mass is 16.5. The molecule has 2 aliphatic carbocycles. The zero-order chi connectivity index (χ0) is 14.7. The number of nitrogens with one attached hydrogen (secondary N) is 1. The summed E-state index contributed by atoms with van der Waals surface area (Å²) in [4.78, 5) is 4.44. The van der Waals surface area contributed by atoms with Crippen LogP contribution in [0.4, 0.5) is 0 Å². The maximum atomic E-state index is 6.18. The first-order valence-corrected chi connectivity index (χ1v) is 8.03. The molecule has 0 amide bonds. The summed E-state index contributed by atoms with van der Waals surface area (Å²) in [5.41, 5.74) is 8.24. The lowest BCUT2D eigenvalue weighted by atomic mass is 10.1. The van der Waals surface area contributed by atoms with E-state index < -0.39 is 0 Å². The van der Waals surface area contributed by atoms with Crippen molar-refractivity contribution in [2.45, 2.75) is 64.1 Å². The van der Waals surface area contributed by atoms with Gasteiger partial charge in [-0.2, -0.15) is 0 Å². The second-order valence-electron chi connectivity index (χ2n) is 6.26. The molecule has 3 rings (SSSR count). The summed E-state index contributed by atoms with van der Waals surface area (Å²) < 4.78 is 6.18. The number of ether oxygens (including phenoxy) is 1. The number of benzene rings is 1. The van der Waals surface area contributed by atoms with E-state index >= 15 is 0 Å². The minimum Gasteiger partial charge on any atom is -0.490 e. The van der Waals surface area contributed by atoms with Crippen LogP contribution in [-0.2, 0) is 6.54 Å². The van der Waals surface area contributed by atoms with Crippen molar-refractivity contribution in [3.8, 4) is 5.75 Å². The van der Waals surface area contributed by atoms with Gasteiger partial charge < -0.3 is 15.8 Å². The number of nitrogens with two attached hydrogens (primary N) is 1. The van der Waals surface area contributed by atoms with Crippen LogP contribution in [0.2, 0.25) is 0 Å². The van der Waals surface area contributed by atoms with Crippen LogP contribution in [0, 0.1) is 6.92 Å². The van der Waals surface area contributed by atoms with E-state index in [4.69, 9.17) is 10.5 Å². The number of hydrogen-bond donors (Lipinski definition) is 2. The molecule has 3 N–H and O–H groups in total. The number of hydrogen-bond acceptors (Lipinski definition) is 2. The summed E-state index contributed by atoms with van der Waals surface area (Å²) in [6, 6.07) is 6.87. The van der Waals surface area contributed by atoms with E-state index in [2.05, 4.69) is 35.4 Å². The van der Waals surface area contributed by atoms with Crippen LogP contribution < -0.4 is 15.8 Å². The highest BCUT2D eigenvalue weighted by Crippen LogP contribution is 2.28. The summed E-state index contributed by atoms with van der Waals surface area (Å²) in [5.74, 6) is 1.52. The first kappa shape index (κ1) is 14.2. The monoisotopic (exact) mass is 287 g/mol. The average molecular weight is 287 g/mol. The predicted octanol–water partition coefficient (Wildman–Crippen LogP) is 2.88. The van der Waals surface area contributed by atoms with E-state index in [-0.39, 0.29) is 0 Å². The molecule has 114 valence electrons. The van der Waals surface area contributed by atoms with Gasteiger partial charge in [0.25, 0.3) is 0 Å². The zero-order valence-electron chi connectivity index (χ0n) is 12.8. The van der Waals surface area contributed by atoms with Crippen LogP contribution >= 0.6 is 0 Å². The van der Waals surface area contributed by atoms with Crippen molar-refractivity contribution in [2.24, 2.45) is 10.7 Å². The molecule has 0 unspecified atom stereocenters. The summed E-state index contributed by atoms with van der Waals surface area (Å²) in [5, 5.41) is 3.21. The van der Waals surface area contributed by atoms with Gasteiger partial charge in [-0.05, 0) is 57.1 Å². The molecule has 0 aliphatic heterocycles. The van der Waals surface area contributed by atoms with Crippen molar-refractivity contribution in [3.63, 3.8) is 0 Å². The van der Waals surface area contributed by atoms with E-state index in [1.165, 1.54) is 44.1 Å². The van der Waals surface area contributed by atoms with Gasteiger partial charge in [0, 0.05) is 11.6 Å². The zero-order valence-corrected chi connectivity index (χ0v) is 12.8. The first-order valence-electron chi connectivity index (χ1n) is 8.03. The molecule has 1 aromatic rings. The molecule has 0 heterocycles. The minimum atomic E-state index is 0.372. The van der Waals surface area contributed by atoms with Gasteiger partial charge in [-0.1, -0.05) is 12.1 Å².